The molecular formula is C11H11ClN2O3. The zero-order valence-corrected chi connectivity index (χ0v) is 9.68. The molecule has 1 N–H and O–H groups in total. The number of rotatable bonds is 3. The molecule has 1 aliphatic heterocycles. The smallest absolute Gasteiger partial charge is 0.303 e. The number of ether oxygens (including phenoxy) is 1. The number of hydrogen-bond acceptors (Lipinski definition) is 4. The summed E-state index contributed by atoms with van der Waals surface area (Å²) in [6, 6.07) is 6.50. The first-order chi connectivity index (χ1) is 8.19. The number of nitrogens with one attached hydrogen (secondary N) is 1. The molecule has 0 spiro atoms. The van der Waals surface area contributed by atoms with Crippen LogP contribution < -0.4 is 10.1 Å². The van der Waals surface area contributed by atoms with Gasteiger partial charge in [0.15, 0.2) is 0 Å². The lowest BCUT2D eigenvalue weighted by Gasteiger charge is -2.12. The fourth-order valence-electron chi connectivity index (χ4n) is 1.78. The standard InChI is InChI=1S/C11H11ClN2O3/c12-7-2-1-3-8(4-7)17-9-5-10(13-6-9)11(15)14-16/h1-4,9-10,13H,5-6H2/t9-,10-/m0/s1. The van der Waals surface area contributed by atoms with Crippen LogP contribution in [0, 0.1) is 4.91 Å². The number of hydrogen-bond donors (Lipinski definition) is 1. The molecule has 6 heteroatoms. The average molecular weight is 255 g/mol. The molecule has 1 aromatic rings. The summed E-state index contributed by atoms with van der Waals surface area (Å²) in [5, 5.41) is 5.88. The van der Waals surface area contributed by atoms with Gasteiger partial charge in [0, 0.05) is 23.2 Å². The number of nitroso groups, excluding NO2 is 1. The van der Waals surface area contributed by atoms with Crippen molar-refractivity contribution in [2.24, 2.45) is 5.18 Å². The van der Waals surface area contributed by atoms with Crippen LogP contribution in [0.5, 0.6) is 5.75 Å². The Hall–Kier alpha value is -1.46. The molecule has 2 atom stereocenters. The third-order valence-corrected chi connectivity index (χ3v) is 2.81. The Labute approximate surface area is 103 Å². The Kier molecular flexibility index (Phi) is 3.71. The topological polar surface area (TPSA) is 67.8 Å². The molecule has 0 bridgehead atoms. The van der Waals surface area contributed by atoms with Crippen LogP contribution in [0.3, 0.4) is 0 Å². The van der Waals surface area contributed by atoms with Crippen LogP contribution in [0.4, 0.5) is 0 Å². The summed E-state index contributed by atoms with van der Waals surface area (Å²) < 4.78 is 5.64. The average Bonchev–Trinajstić information content (AvgIpc) is 2.76. The van der Waals surface area contributed by atoms with E-state index in [0.29, 0.717) is 23.7 Å². The fraction of sp³-hybridized carbons (Fsp3) is 0.364. The number of nitrogens with zero attached hydrogens (tertiary/aromatic N) is 1. The molecule has 17 heavy (non-hydrogen) atoms. The zero-order valence-electron chi connectivity index (χ0n) is 8.93. The van der Waals surface area contributed by atoms with Gasteiger partial charge in [-0.05, 0) is 18.2 Å². The van der Waals surface area contributed by atoms with E-state index >= 15 is 0 Å². The summed E-state index contributed by atoms with van der Waals surface area (Å²) in [6.45, 7) is 0.512. The van der Waals surface area contributed by atoms with Crippen molar-refractivity contribution < 1.29 is 9.53 Å². The molecule has 2 rings (SSSR count). The van der Waals surface area contributed by atoms with Crippen LogP contribution in [0.2, 0.25) is 5.02 Å². The van der Waals surface area contributed by atoms with Gasteiger partial charge in [0.05, 0.1) is 6.04 Å². The van der Waals surface area contributed by atoms with Crippen LogP contribution >= 0.6 is 11.6 Å². The molecule has 1 heterocycles. The lowest BCUT2D eigenvalue weighted by molar-refractivity contribution is -0.119. The minimum absolute atomic E-state index is 0.149. The summed E-state index contributed by atoms with van der Waals surface area (Å²) in [5.74, 6) is -0.0290. The van der Waals surface area contributed by atoms with Gasteiger partial charge in [0.1, 0.15) is 11.9 Å². The quantitative estimate of drug-likeness (QED) is 0.835. The van der Waals surface area contributed by atoms with E-state index in [0.717, 1.165) is 0 Å². The van der Waals surface area contributed by atoms with E-state index in [1.807, 2.05) is 0 Å². The Morgan fingerprint density at radius 2 is 2.35 bits per heavy atom. The SMILES string of the molecule is O=NC(=O)[C@@H]1C[C@H](Oc2cccc(Cl)c2)CN1. The summed E-state index contributed by atoms with van der Waals surface area (Å²) in [4.78, 5) is 21.2. The van der Waals surface area contributed by atoms with Crippen molar-refractivity contribution in [2.75, 3.05) is 6.54 Å². The zero-order chi connectivity index (χ0) is 12.3. The minimum atomic E-state index is -0.679. The maximum atomic E-state index is 11.0. The normalized spacial score (nSPS) is 23.4. The summed E-state index contributed by atoms with van der Waals surface area (Å²) in [5.41, 5.74) is 0. The second-order valence-corrected chi connectivity index (χ2v) is 4.26. The van der Waals surface area contributed by atoms with Crippen molar-refractivity contribution >= 4 is 17.5 Å². The molecule has 0 saturated carbocycles. The maximum absolute atomic E-state index is 11.0. The third kappa shape index (κ3) is 3.01. The van der Waals surface area contributed by atoms with Gasteiger partial charge in [-0.2, -0.15) is 0 Å². The first kappa shape index (κ1) is 12.0. The van der Waals surface area contributed by atoms with E-state index in [-0.39, 0.29) is 6.10 Å². The molecule has 1 saturated heterocycles. The number of carbonyl (C=O) groups excluding carboxylic acids is 1. The van der Waals surface area contributed by atoms with Crippen molar-refractivity contribution in [2.45, 2.75) is 18.6 Å². The number of benzene rings is 1. The highest BCUT2D eigenvalue weighted by Gasteiger charge is 2.31. The molecular weight excluding hydrogens is 244 g/mol. The van der Waals surface area contributed by atoms with E-state index in [2.05, 4.69) is 10.5 Å². The van der Waals surface area contributed by atoms with Gasteiger partial charge >= 0.3 is 5.91 Å². The molecule has 0 aliphatic carbocycles. The lowest BCUT2D eigenvalue weighted by Crippen LogP contribution is -2.28. The Bertz CT molecular complexity index is 438. The van der Waals surface area contributed by atoms with Crippen molar-refractivity contribution in [3.63, 3.8) is 0 Å². The first-order valence-electron chi connectivity index (χ1n) is 5.22. The van der Waals surface area contributed by atoms with Gasteiger partial charge < -0.3 is 10.1 Å². The summed E-state index contributed by atoms with van der Waals surface area (Å²) in [7, 11) is 0. The summed E-state index contributed by atoms with van der Waals surface area (Å²) in [6.07, 6.45) is 0.293. The predicted molar refractivity (Wildman–Crippen MR) is 63.1 cm³/mol. The molecule has 1 fully saturated rings. The molecule has 1 aliphatic rings. The molecule has 0 aromatic heterocycles. The van der Waals surface area contributed by atoms with Gasteiger partial charge in [-0.3, -0.25) is 4.79 Å². The molecule has 1 aromatic carbocycles. The van der Waals surface area contributed by atoms with E-state index < -0.39 is 11.9 Å². The predicted octanol–water partition coefficient (Wildman–Crippen LogP) is 1.74. The second kappa shape index (κ2) is 5.25. The Morgan fingerprint density at radius 1 is 1.53 bits per heavy atom. The highest BCUT2D eigenvalue weighted by molar-refractivity contribution is 6.30. The van der Waals surface area contributed by atoms with E-state index in [1.165, 1.54) is 0 Å². The Morgan fingerprint density at radius 3 is 3.06 bits per heavy atom. The molecule has 90 valence electrons. The number of amides is 1. The minimum Gasteiger partial charge on any atom is -0.489 e. The van der Waals surface area contributed by atoms with Crippen molar-refractivity contribution in [3.8, 4) is 5.75 Å². The first-order valence-corrected chi connectivity index (χ1v) is 5.59. The molecule has 0 unspecified atom stereocenters. The van der Waals surface area contributed by atoms with E-state index in [4.69, 9.17) is 16.3 Å². The van der Waals surface area contributed by atoms with Crippen molar-refractivity contribution in [3.05, 3.63) is 34.2 Å². The van der Waals surface area contributed by atoms with Crippen LogP contribution in [-0.2, 0) is 4.79 Å². The van der Waals surface area contributed by atoms with Crippen molar-refractivity contribution in [1.29, 1.82) is 0 Å². The second-order valence-electron chi connectivity index (χ2n) is 3.82. The van der Waals surface area contributed by atoms with Crippen LogP contribution in [0.15, 0.2) is 29.4 Å². The van der Waals surface area contributed by atoms with E-state index in [9.17, 15) is 9.70 Å². The maximum Gasteiger partial charge on any atom is 0.303 e. The third-order valence-electron chi connectivity index (χ3n) is 2.58. The number of halogens is 1. The van der Waals surface area contributed by atoms with Crippen LogP contribution in [-0.4, -0.2) is 24.6 Å². The number of carbonyl (C=O) groups is 1. The van der Waals surface area contributed by atoms with Crippen molar-refractivity contribution in [1.82, 2.24) is 5.32 Å². The highest BCUT2D eigenvalue weighted by atomic mass is 35.5. The molecule has 1 amide bonds. The monoisotopic (exact) mass is 254 g/mol. The van der Waals surface area contributed by atoms with Crippen LogP contribution in [0.1, 0.15) is 6.42 Å². The van der Waals surface area contributed by atoms with Gasteiger partial charge in [-0.1, -0.05) is 17.7 Å². The largest absolute Gasteiger partial charge is 0.489 e. The summed E-state index contributed by atoms with van der Waals surface area (Å²) >= 11 is 5.83. The van der Waals surface area contributed by atoms with Gasteiger partial charge in [-0.15, -0.1) is 4.91 Å². The molecule has 5 nitrogen and oxygen atoms in total. The fourth-order valence-corrected chi connectivity index (χ4v) is 1.96. The van der Waals surface area contributed by atoms with E-state index in [1.54, 1.807) is 24.3 Å². The lowest BCUT2D eigenvalue weighted by atomic mass is 10.2. The van der Waals surface area contributed by atoms with Gasteiger partial charge in [0.2, 0.25) is 0 Å². The van der Waals surface area contributed by atoms with Gasteiger partial charge in [-0.25, -0.2) is 0 Å². The highest BCUT2D eigenvalue weighted by Crippen LogP contribution is 2.21. The molecule has 0 radical (unpaired) electrons. The van der Waals surface area contributed by atoms with Crippen LogP contribution in [0.25, 0.3) is 0 Å². The van der Waals surface area contributed by atoms with Gasteiger partial charge in [0.25, 0.3) is 0 Å². The Balaban J connectivity index is 1.94.